The molecule has 0 amide bonds. The fraction of sp³-hybridized carbons (Fsp3) is 0.200. The zero-order chi connectivity index (χ0) is 37.9. The molecule has 0 radical (unpaired) electrons. The molecular weight excluding hydrogens is 791 g/mol. The van der Waals surface area contributed by atoms with Gasteiger partial charge in [-0.1, -0.05) is 64.1 Å². The topological polar surface area (TPSA) is 151 Å². The average Bonchev–Trinajstić information content (AvgIpc) is 3.19. The number of para-hydroxylation sites is 2. The van der Waals surface area contributed by atoms with Gasteiger partial charge in [-0.15, -0.1) is 0 Å². The highest BCUT2D eigenvalue weighted by molar-refractivity contribution is 9.10. The molecule has 4 aromatic carbocycles. The minimum absolute atomic E-state index is 0.00993. The van der Waals surface area contributed by atoms with Gasteiger partial charge in [-0.25, -0.2) is 18.4 Å². The highest BCUT2D eigenvalue weighted by Crippen LogP contribution is 2.32. The molecule has 7 rings (SSSR count). The van der Waals surface area contributed by atoms with Crippen LogP contribution in [0.1, 0.15) is 11.1 Å². The molecule has 14 heteroatoms. The number of ether oxygens (including phenoxy) is 2. The molecule has 2 aliphatic rings. The number of rotatable bonds is 9. The van der Waals surface area contributed by atoms with Gasteiger partial charge in [-0.2, -0.15) is 0 Å². The molecule has 3 heterocycles. The second-order valence-electron chi connectivity index (χ2n) is 12.3. The Morgan fingerprint density at radius 2 is 1.28 bits per heavy atom. The molecule has 2 fully saturated rings. The molecule has 11 nitrogen and oxygen atoms in total. The van der Waals surface area contributed by atoms with Gasteiger partial charge in [-0.05, 0) is 71.7 Å². The van der Waals surface area contributed by atoms with Crippen molar-refractivity contribution in [2.75, 3.05) is 68.1 Å². The number of phenols is 2. The van der Waals surface area contributed by atoms with Crippen LogP contribution in [0.15, 0.2) is 122 Å². The number of nitrogens with two attached hydrogens (primary N) is 1. The van der Waals surface area contributed by atoms with Gasteiger partial charge in [0, 0.05) is 81.4 Å². The second kappa shape index (κ2) is 18.5. The summed E-state index contributed by atoms with van der Waals surface area (Å²) < 4.78 is 38.2. The fourth-order valence-electron chi connectivity index (χ4n) is 5.71. The first-order chi connectivity index (χ1) is 26.1. The first-order valence-electron chi connectivity index (χ1n) is 17.2. The van der Waals surface area contributed by atoms with Crippen molar-refractivity contribution in [2.24, 2.45) is 0 Å². The quantitative estimate of drug-likeness (QED) is 0.127. The number of thioether (sulfide) groups is 1. The van der Waals surface area contributed by atoms with Gasteiger partial charge in [0.05, 0.1) is 31.3 Å². The highest BCUT2D eigenvalue weighted by atomic mass is 79.9. The van der Waals surface area contributed by atoms with Gasteiger partial charge in [0.25, 0.3) is 0 Å². The van der Waals surface area contributed by atoms with E-state index >= 15 is 0 Å². The van der Waals surface area contributed by atoms with E-state index in [1.165, 1.54) is 17.8 Å². The van der Waals surface area contributed by atoms with Crippen LogP contribution in [0.4, 0.5) is 17.3 Å². The standard InChI is InChI=1S/C22H22N4O4S.C18H18BrNO2S/c23-22-24-14-18(15-25-22)17-11-19(26-6-8-30-9-7-26)13-20(12-17)31(28,29)10-5-16-3-1-2-4-21(16)27;19-15-11-16(20-6-8-22-9-7-20)13-17(12-15)23-10-5-14-3-1-2-4-18(14)21/h1-5,10-15,27H,6-9H2,(H2,23,24,25);1-5,10-13,21H,6-9H2/b2*10-5+. The maximum absolute atomic E-state index is 13.1. The predicted molar refractivity (Wildman–Crippen MR) is 219 cm³/mol. The lowest BCUT2D eigenvalue weighted by Crippen LogP contribution is -2.36. The molecular formula is C40H40BrN5O6S2. The largest absolute Gasteiger partial charge is 0.507 e. The molecule has 2 saturated heterocycles. The number of anilines is 3. The molecule has 0 unspecified atom stereocenters. The molecule has 0 spiro atoms. The molecule has 280 valence electrons. The van der Waals surface area contributed by atoms with Crippen molar-refractivity contribution < 1.29 is 28.1 Å². The number of hydrogen-bond acceptors (Lipinski definition) is 12. The molecule has 5 aromatic rings. The Balaban J connectivity index is 0.000000193. The van der Waals surface area contributed by atoms with Crippen molar-refractivity contribution in [3.05, 3.63) is 124 Å². The summed E-state index contributed by atoms with van der Waals surface area (Å²) in [7, 11) is -3.79. The third kappa shape index (κ3) is 10.6. The zero-order valence-electron chi connectivity index (χ0n) is 29.3. The third-order valence-corrected chi connectivity index (χ3v) is 11.2. The van der Waals surface area contributed by atoms with Crippen LogP contribution < -0.4 is 15.5 Å². The summed E-state index contributed by atoms with van der Waals surface area (Å²) in [5.74, 6) is 0.454. The van der Waals surface area contributed by atoms with Crippen LogP contribution in [0.2, 0.25) is 0 Å². The van der Waals surface area contributed by atoms with Crippen LogP contribution in [-0.2, 0) is 19.3 Å². The predicted octanol–water partition coefficient (Wildman–Crippen LogP) is 7.47. The Morgan fingerprint density at radius 3 is 1.87 bits per heavy atom. The lowest BCUT2D eigenvalue weighted by molar-refractivity contribution is 0.122. The summed E-state index contributed by atoms with van der Waals surface area (Å²) in [6, 6.07) is 25.5. The van der Waals surface area contributed by atoms with Crippen LogP contribution in [0.5, 0.6) is 11.5 Å². The van der Waals surface area contributed by atoms with Crippen LogP contribution in [-0.4, -0.2) is 81.2 Å². The van der Waals surface area contributed by atoms with Gasteiger partial charge < -0.3 is 35.2 Å². The first-order valence-corrected chi connectivity index (χ1v) is 20.4. The average molecular weight is 831 g/mol. The molecule has 0 atom stereocenters. The number of aromatic hydroxyl groups is 2. The van der Waals surface area contributed by atoms with E-state index in [1.807, 2.05) is 35.7 Å². The van der Waals surface area contributed by atoms with Crippen molar-refractivity contribution >= 4 is 67.0 Å². The minimum atomic E-state index is -3.79. The normalized spacial score (nSPS) is 15.0. The molecule has 54 heavy (non-hydrogen) atoms. The summed E-state index contributed by atoms with van der Waals surface area (Å²) in [6.45, 7) is 5.88. The smallest absolute Gasteiger partial charge is 0.219 e. The first kappa shape index (κ1) is 38.9. The molecule has 0 aliphatic carbocycles. The van der Waals surface area contributed by atoms with Crippen LogP contribution in [0.25, 0.3) is 23.3 Å². The maximum Gasteiger partial charge on any atom is 0.219 e. The lowest BCUT2D eigenvalue weighted by atomic mass is 10.1. The van der Waals surface area contributed by atoms with Gasteiger partial charge in [-0.3, -0.25) is 0 Å². The zero-order valence-corrected chi connectivity index (χ0v) is 32.5. The number of morpholine rings is 2. The summed E-state index contributed by atoms with van der Waals surface area (Å²) in [6.07, 6.45) is 6.44. The Kier molecular flexibility index (Phi) is 13.3. The van der Waals surface area contributed by atoms with Crippen molar-refractivity contribution in [1.82, 2.24) is 9.97 Å². The molecule has 0 saturated carbocycles. The molecule has 2 aliphatic heterocycles. The molecule has 0 bridgehead atoms. The van der Waals surface area contributed by atoms with Gasteiger partial charge in [0.1, 0.15) is 11.5 Å². The molecule has 4 N–H and O–H groups in total. The number of halogens is 1. The van der Waals surface area contributed by atoms with Crippen molar-refractivity contribution in [3.63, 3.8) is 0 Å². The van der Waals surface area contributed by atoms with E-state index in [1.54, 1.807) is 60.6 Å². The van der Waals surface area contributed by atoms with E-state index in [2.05, 4.69) is 53.9 Å². The molecule has 1 aromatic heterocycles. The number of nitrogen functional groups attached to an aromatic ring is 1. The van der Waals surface area contributed by atoms with E-state index in [0.29, 0.717) is 48.7 Å². The second-order valence-corrected chi connectivity index (χ2v) is 16.0. The van der Waals surface area contributed by atoms with Gasteiger partial charge in [0.2, 0.25) is 5.95 Å². The minimum Gasteiger partial charge on any atom is -0.507 e. The number of sulfone groups is 1. The SMILES string of the molecule is Nc1ncc(-c2cc(N3CCOCC3)cc(S(=O)(=O)/C=C/c3ccccc3O)c2)cn1.Oc1ccccc1/C=C/Sc1cc(Br)cc(N2CCOCC2)c1. The van der Waals surface area contributed by atoms with Crippen molar-refractivity contribution in [3.8, 4) is 22.6 Å². The highest BCUT2D eigenvalue weighted by Gasteiger charge is 2.19. The van der Waals surface area contributed by atoms with E-state index < -0.39 is 9.84 Å². The number of aromatic nitrogens is 2. The van der Waals surface area contributed by atoms with E-state index in [0.717, 1.165) is 52.3 Å². The summed E-state index contributed by atoms with van der Waals surface area (Å²) >= 11 is 5.23. The fourth-order valence-corrected chi connectivity index (χ4v) is 8.16. The van der Waals surface area contributed by atoms with E-state index in [-0.39, 0.29) is 16.6 Å². The Morgan fingerprint density at radius 1 is 0.722 bits per heavy atom. The van der Waals surface area contributed by atoms with Crippen molar-refractivity contribution in [2.45, 2.75) is 9.79 Å². The van der Waals surface area contributed by atoms with Crippen LogP contribution >= 0.6 is 27.7 Å². The Hall–Kier alpha value is -4.86. The van der Waals surface area contributed by atoms with Gasteiger partial charge in [0.15, 0.2) is 9.84 Å². The van der Waals surface area contributed by atoms with E-state index in [9.17, 15) is 18.6 Å². The number of phenolic OH excluding ortho intramolecular Hbond substituents is 2. The Bertz CT molecular complexity index is 2210. The van der Waals surface area contributed by atoms with Crippen LogP contribution in [0.3, 0.4) is 0 Å². The van der Waals surface area contributed by atoms with Gasteiger partial charge >= 0.3 is 0 Å². The summed E-state index contributed by atoms with van der Waals surface area (Å²) in [4.78, 5) is 13.7. The maximum atomic E-state index is 13.1. The van der Waals surface area contributed by atoms with Crippen LogP contribution in [0, 0.1) is 0 Å². The number of benzene rings is 4. The summed E-state index contributed by atoms with van der Waals surface area (Å²) in [5.41, 5.74) is 10.1. The summed E-state index contributed by atoms with van der Waals surface area (Å²) in [5, 5.41) is 22.8. The Labute approximate surface area is 327 Å². The van der Waals surface area contributed by atoms with Crippen molar-refractivity contribution in [1.29, 1.82) is 0 Å². The monoisotopic (exact) mass is 829 g/mol. The number of hydrogen-bond donors (Lipinski definition) is 3. The third-order valence-electron chi connectivity index (χ3n) is 8.59. The lowest BCUT2D eigenvalue weighted by Gasteiger charge is -2.29. The van der Waals surface area contributed by atoms with E-state index in [4.69, 9.17) is 15.2 Å². The number of nitrogens with zero attached hydrogens (tertiary/aromatic N) is 4.